The Bertz CT molecular complexity index is 1090. The summed E-state index contributed by atoms with van der Waals surface area (Å²) in [5.74, 6) is -0.750. The minimum absolute atomic E-state index is 0.241. The number of fused-ring (bicyclic) bond motifs is 1. The summed E-state index contributed by atoms with van der Waals surface area (Å²) in [7, 11) is -4.03. The van der Waals surface area contributed by atoms with E-state index in [1.54, 1.807) is 55.4 Å². The van der Waals surface area contributed by atoms with E-state index in [9.17, 15) is 18.0 Å². The number of carbonyl (C=O) groups is 2. The number of nitrogens with two attached hydrogens (primary N) is 1. The molecule has 0 spiro atoms. The summed E-state index contributed by atoms with van der Waals surface area (Å²) < 4.78 is 37.6. The number of nitrogens with zero attached hydrogens (tertiary/aromatic N) is 1. The normalized spacial score (nSPS) is 16.3. The molecule has 11 heteroatoms. The molecule has 0 fully saturated rings. The van der Waals surface area contributed by atoms with Gasteiger partial charge in [0, 0.05) is 25.0 Å². The Kier molecular flexibility index (Phi) is 8.64. The molecule has 10 nitrogen and oxygen atoms in total. The maximum absolute atomic E-state index is 13.2. The maximum atomic E-state index is 13.2. The molecule has 2 rings (SSSR count). The van der Waals surface area contributed by atoms with Crippen LogP contribution < -0.4 is 20.1 Å². The van der Waals surface area contributed by atoms with Crippen LogP contribution in [0.3, 0.4) is 0 Å². The number of hydrogen-bond acceptors (Lipinski definition) is 7. The first-order valence-corrected chi connectivity index (χ1v) is 13.3. The van der Waals surface area contributed by atoms with E-state index < -0.39 is 33.4 Å². The number of amides is 1. The lowest BCUT2D eigenvalue weighted by Crippen LogP contribution is -2.50. The van der Waals surface area contributed by atoms with E-state index >= 15 is 0 Å². The Balaban J connectivity index is 2.77. The predicted molar refractivity (Wildman–Crippen MR) is 137 cm³/mol. The fourth-order valence-electron chi connectivity index (χ4n) is 4.05. The summed E-state index contributed by atoms with van der Waals surface area (Å²) in [5.41, 5.74) is 1.97. The molecule has 0 saturated heterocycles. The van der Waals surface area contributed by atoms with E-state index in [4.69, 9.17) is 14.6 Å². The van der Waals surface area contributed by atoms with E-state index in [-0.39, 0.29) is 12.3 Å². The molecule has 35 heavy (non-hydrogen) atoms. The first-order valence-electron chi connectivity index (χ1n) is 11.7. The monoisotopic (exact) mass is 512 g/mol. The molecule has 1 atom stereocenters. The molecule has 1 aromatic carbocycles. The lowest BCUT2D eigenvalue weighted by atomic mass is 9.91. The molecule has 0 bridgehead atoms. The number of ether oxygens (including phenoxy) is 2. The van der Waals surface area contributed by atoms with Crippen LogP contribution >= 0.6 is 0 Å². The minimum atomic E-state index is -4.03. The highest BCUT2D eigenvalue weighted by Gasteiger charge is 2.39. The van der Waals surface area contributed by atoms with Crippen molar-refractivity contribution < 1.29 is 27.5 Å². The summed E-state index contributed by atoms with van der Waals surface area (Å²) >= 11 is 0. The number of esters is 1. The van der Waals surface area contributed by atoms with Crippen molar-refractivity contribution in [3.8, 4) is 0 Å². The SMILES string of the molecule is CCOCCN1c2c(c(C)c(C(=O)OC(C)(C)C)c(C)c2NC(=O)C(C)(C)C)CC1NS(N)(=O)=O. The average Bonchev–Trinajstić information content (AvgIpc) is 2.99. The van der Waals surface area contributed by atoms with Crippen molar-refractivity contribution in [3.05, 3.63) is 22.3 Å². The van der Waals surface area contributed by atoms with Crippen molar-refractivity contribution in [3.63, 3.8) is 0 Å². The van der Waals surface area contributed by atoms with Crippen molar-refractivity contribution in [2.75, 3.05) is 30.0 Å². The summed E-state index contributed by atoms with van der Waals surface area (Å²) in [6, 6.07) is 0. The van der Waals surface area contributed by atoms with Crippen LogP contribution in [0.25, 0.3) is 0 Å². The Morgan fingerprint density at radius 2 is 1.71 bits per heavy atom. The van der Waals surface area contributed by atoms with E-state index in [2.05, 4.69) is 10.0 Å². The first kappa shape index (κ1) is 29.0. The summed E-state index contributed by atoms with van der Waals surface area (Å²) in [6.07, 6.45) is -0.462. The number of carbonyl (C=O) groups excluding carboxylic acids is 2. The molecule has 4 N–H and O–H groups in total. The van der Waals surface area contributed by atoms with Crippen LogP contribution in [-0.2, 0) is 30.9 Å². The molecule has 1 amide bonds. The zero-order valence-corrected chi connectivity index (χ0v) is 23.1. The second kappa shape index (κ2) is 10.4. The highest BCUT2D eigenvalue weighted by atomic mass is 32.2. The van der Waals surface area contributed by atoms with Gasteiger partial charge in [0.05, 0.1) is 29.7 Å². The molecule has 0 saturated carbocycles. The Morgan fingerprint density at radius 3 is 2.20 bits per heavy atom. The minimum Gasteiger partial charge on any atom is -0.456 e. The van der Waals surface area contributed by atoms with Crippen LogP contribution in [0.5, 0.6) is 0 Å². The van der Waals surface area contributed by atoms with Gasteiger partial charge in [0.25, 0.3) is 10.2 Å². The highest BCUT2D eigenvalue weighted by molar-refractivity contribution is 7.87. The maximum Gasteiger partial charge on any atom is 0.339 e. The number of hydrogen-bond donors (Lipinski definition) is 3. The van der Waals surface area contributed by atoms with Crippen LogP contribution in [-0.4, -0.2) is 51.8 Å². The standard InChI is InChI=1S/C24H40N4O6S/c1-10-33-12-11-28-17(27-35(25,31)32)13-16-14(2)18(21(29)34-24(7,8)9)15(3)19(20(16)28)26-22(30)23(4,5)6/h17,27H,10-13H2,1-9H3,(H,26,30)(H2,25,31,32). The third-order valence-electron chi connectivity index (χ3n) is 5.66. The number of nitrogens with one attached hydrogen (secondary N) is 2. The summed E-state index contributed by atoms with van der Waals surface area (Å²) in [5, 5.41) is 8.32. The molecule has 1 aliphatic rings. The van der Waals surface area contributed by atoms with Gasteiger partial charge in [-0.1, -0.05) is 20.8 Å². The van der Waals surface area contributed by atoms with Crippen LogP contribution in [0.15, 0.2) is 0 Å². The zero-order valence-electron chi connectivity index (χ0n) is 22.3. The molecule has 1 unspecified atom stereocenters. The van der Waals surface area contributed by atoms with Gasteiger partial charge < -0.3 is 19.7 Å². The number of rotatable bonds is 8. The summed E-state index contributed by atoms with van der Waals surface area (Å²) in [6.45, 7) is 17.3. The fourth-order valence-corrected chi connectivity index (χ4v) is 4.64. The van der Waals surface area contributed by atoms with Gasteiger partial charge in [0.1, 0.15) is 5.60 Å². The van der Waals surface area contributed by atoms with Crippen LogP contribution in [0, 0.1) is 19.3 Å². The predicted octanol–water partition coefficient (Wildman–Crippen LogP) is 2.76. The topological polar surface area (TPSA) is 140 Å². The smallest absolute Gasteiger partial charge is 0.339 e. The quantitative estimate of drug-likeness (QED) is 0.359. The Hall–Kier alpha value is -2.21. The van der Waals surface area contributed by atoms with Crippen molar-refractivity contribution >= 4 is 33.5 Å². The van der Waals surface area contributed by atoms with Gasteiger partial charge in [-0.2, -0.15) is 13.1 Å². The van der Waals surface area contributed by atoms with E-state index in [0.29, 0.717) is 47.8 Å². The van der Waals surface area contributed by atoms with Gasteiger partial charge in [-0.15, -0.1) is 0 Å². The van der Waals surface area contributed by atoms with E-state index in [0.717, 1.165) is 5.56 Å². The molecular formula is C24H40N4O6S. The van der Waals surface area contributed by atoms with Gasteiger partial charge in [0.2, 0.25) is 5.91 Å². The molecular weight excluding hydrogens is 472 g/mol. The van der Waals surface area contributed by atoms with Crippen molar-refractivity contribution in [1.82, 2.24) is 4.72 Å². The largest absolute Gasteiger partial charge is 0.456 e. The van der Waals surface area contributed by atoms with Crippen LogP contribution in [0.2, 0.25) is 0 Å². The van der Waals surface area contributed by atoms with Gasteiger partial charge in [-0.05, 0) is 58.2 Å². The molecule has 1 aromatic rings. The van der Waals surface area contributed by atoms with Gasteiger partial charge in [-0.3, -0.25) is 4.79 Å². The van der Waals surface area contributed by atoms with Crippen molar-refractivity contribution in [2.24, 2.45) is 10.6 Å². The molecule has 0 radical (unpaired) electrons. The highest BCUT2D eigenvalue weighted by Crippen LogP contribution is 2.45. The Labute approximate surface area is 209 Å². The second-order valence-electron chi connectivity index (χ2n) is 10.8. The number of anilines is 2. The van der Waals surface area contributed by atoms with Crippen LogP contribution in [0.1, 0.15) is 75.5 Å². The second-order valence-corrected chi connectivity index (χ2v) is 12.1. The van der Waals surface area contributed by atoms with Crippen molar-refractivity contribution in [1.29, 1.82) is 0 Å². The van der Waals surface area contributed by atoms with E-state index in [1.165, 1.54) is 0 Å². The van der Waals surface area contributed by atoms with Crippen LogP contribution in [0.4, 0.5) is 11.4 Å². The lowest BCUT2D eigenvalue weighted by Gasteiger charge is -2.31. The molecule has 1 aliphatic heterocycles. The first-order chi connectivity index (χ1) is 15.9. The molecule has 0 aromatic heterocycles. The molecule has 0 aliphatic carbocycles. The lowest BCUT2D eigenvalue weighted by molar-refractivity contribution is -0.123. The third kappa shape index (κ3) is 7.16. The average molecular weight is 513 g/mol. The number of benzene rings is 1. The molecule has 1 heterocycles. The van der Waals surface area contributed by atoms with Gasteiger partial charge in [0.15, 0.2) is 0 Å². The third-order valence-corrected chi connectivity index (χ3v) is 6.27. The molecule has 198 valence electrons. The fraction of sp³-hybridized carbons (Fsp3) is 0.667. The zero-order chi connectivity index (χ0) is 26.9. The van der Waals surface area contributed by atoms with Gasteiger partial charge >= 0.3 is 5.97 Å². The van der Waals surface area contributed by atoms with Gasteiger partial charge in [-0.25, -0.2) is 9.93 Å². The Morgan fingerprint density at radius 1 is 1.11 bits per heavy atom. The van der Waals surface area contributed by atoms with E-state index in [1.807, 2.05) is 11.8 Å². The summed E-state index contributed by atoms with van der Waals surface area (Å²) in [4.78, 5) is 28.1. The van der Waals surface area contributed by atoms with Crippen molar-refractivity contribution in [2.45, 2.75) is 80.5 Å².